The lowest BCUT2D eigenvalue weighted by atomic mass is 9.75. The van der Waals surface area contributed by atoms with Crippen LogP contribution in [0.5, 0.6) is 17.2 Å². The number of nitriles is 1. The maximum absolute atomic E-state index is 13.3. The molecular weight excluding hydrogens is 486 g/mol. The molecule has 2 N–H and O–H groups in total. The van der Waals surface area contributed by atoms with Crippen LogP contribution in [0, 0.1) is 11.3 Å². The van der Waals surface area contributed by atoms with Crippen LogP contribution in [0.2, 0.25) is 0 Å². The molecule has 1 aliphatic carbocycles. The molecule has 1 aliphatic heterocycles. The van der Waals surface area contributed by atoms with Crippen LogP contribution < -0.4 is 24.8 Å². The van der Waals surface area contributed by atoms with E-state index >= 15 is 0 Å². The van der Waals surface area contributed by atoms with Gasteiger partial charge in [-0.2, -0.15) is 5.26 Å². The highest BCUT2D eigenvalue weighted by Crippen LogP contribution is 2.49. The van der Waals surface area contributed by atoms with Gasteiger partial charge in [-0.3, -0.25) is 9.69 Å². The third-order valence-corrected chi connectivity index (χ3v) is 6.55. The highest BCUT2D eigenvalue weighted by atomic mass is 79.9. The third-order valence-electron chi connectivity index (χ3n) is 6.02. The van der Waals surface area contributed by atoms with Gasteiger partial charge in [0.25, 0.3) is 0 Å². The predicted molar refractivity (Wildman–Crippen MR) is 128 cm³/mol. The summed E-state index contributed by atoms with van der Waals surface area (Å²) in [5.41, 5.74) is 9.82. The monoisotopic (exact) mass is 509 g/mol. The zero-order valence-electron chi connectivity index (χ0n) is 18.6. The standard InChI is InChI=1S/C25H24BrN3O4/c1-31-20-11-14(12-21(32-2)24(20)33-3)22-17(13-27)25(28)29(16-9-7-15(26)8-10-16)18-5-4-6-19(30)23(18)22/h7-12,22H,4-6,28H2,1-3H3/t22-/m0/s1. The lowest BCUT2D eigenvalue weighted by Gasteiger charge is -2.39. The van der Waals surface area contributed by atoms with Crippen molar-refractivity contribution in [3.8, 4) is 23.3 Å². The molecule has 2 aromatic carbocycles. The van der Waals surface area contributed by atoms with Crippen molar-refractivity contribution >= 4 is 27.4 Å². The second kappa shape index (κ2) is 9.20. The number of methoxy groups -OCH3 is 3. The summed E-state index contributed by atoms with van der Waals surface area (Å²) >= 11 is 3.45. The molecule has 0 bridgehead atoms. The van der Waals surface area contributed by atoms with Crippen molar-refractivity contribution in [2.75, 3.05) is 26.2 Å². The Morgan fingerprint density at radius 1 is 1.06 bits per heavy atom. The number of nitrogens with zero attached hydrogens (tertiary/aromatic N) is 2. The fraction of sp³-hybridized carbons (Fsp3) is 0.280. The topological polar surface area (TPSA) is 97.8 Å². The summed E-state index contributed by atoms with van der Waals surface area (Å²) in [6.45, 7) is 0. The van der Waals surface area contributed by atoms with Crippen molar-refractivity contribution in [3.63, 3.8) is 0 Å². The zero-order chi connectivity index (χ0) is 23.7. The van der Waals surface area contributed by atoms with Gasteiger partial charge in [0.15, 0.2) is 17.3 Å². The highest BCUT2D eigenvalue weighted by molar-refractivity contribution is 9.10. The lowest BCUT2D eigenvalue weighted by molar-refractivity contribution is -0.116. The molecule has 4 rings (SSSR count). The number of carbonyl (C=O) groups excluding carboxylic acids is 1. The van der Waals surface area contributed by atoms with Gasteiger partial charge in [-0.05, 0) is 54.8 Å². The number of ketones is 1. The second-order valence-electron chi connectivity index (χ2n) is 7.75. The van der Waals surface area contributed by atoms with Gasteiger partial charge in [0.1, 0.15) is 5.82 Å². The number of hydrogen-bond donors (Lipinski definition) is 1. The zero-order valence-corrected chi connectivity index (χ0v) is 20.2. The van der Waals surface area contributed by atoms with E-state index in [4.69, 9.17) is 19.9 Å². The first-order valence-corrected chi connectivity index (χ1v) is 11.3. The third kappa shape index (κ3) is 3.83. The number of hydrogen-bond acceptors (Lipinski definition) is 7. The first-order valence-electron chi connectivity index (χ1n) is 10.5. The van der Waals surface area contributed by atoms with Crippen LogP contribution in [0.15, 0.2) is 63.5 Å². The van der Waals surface area contributed by atoms with Gasteiger partial charge >= 0.3 is 0 Å². The van der Waals surface area contributed by atoms with Crippen LogP contribution in [0.25, 0.3) is 0 Å². The Morgan fingerprint density at radius 3 is 2.24 bits per heavy atom. The molecule has 0 fully saturated rings. The van der Waals surface area contributed by atoms with Gasteiger partial charge in [0, 0.05) is 27.9 Å². The molecule has 2 aliphatic rings. The number of allylic oxidation sites excluding steroid dienone is 3. The van der Waals surface area contributed by atoms with Gasteiger partial charge < -0.3 is 19.9 Å². The van der Waals surface area contributed by atoms with E-state index in [1.54, 1.807) is 12.1 Å². The minimum atomic E-state index is -0.627. The quantitative estimate of drug-likeness (QED) is 0.618. The van der Waals surface area contributed by atoms with Crippen LogP contribution >= 0.6 is 15.9 Å². The van der Waals surface area contributed by atoms with Crippen LogP contribution in [-0.4, -0.2) is 27.1 Å². The van der Waals surface area contributed by atoms with Crippen molar-refractivity contribution in [2.45, 2.75) is 25.2 Å². The van der Waals surface area contributed by atoms with Crippen molar-refractivity contribution in [2.24, 2.45) is 5.73 Å². The molecule has 0 amide bonds. The number of rotatable bonds is 5. The molecule has 0 aromatic heterocycles. The molecular formula is C25H24BrN3O4. The molecule has 8 heteroatoms. The van der Waals surface area contributed by atoms with E-state index in [2.05, 4.69) is 22.0 Å². The van der Waals surface area contributed by atoms with Gasteiger partial charge in [-0.25, -0.2) is 0 Å². The Labute approximate surface area is 201 Å². The minimum absolute atomic E-state index is 0.0114. The van der Waals surface area contributed by atoms with Crippen LogP contribution in [0.4, 0.5) is 5.69 Å². The molecule has 1 atom stereocenters. The number of Topliss-reactive ketones (excluding diaryl/α,β-unsaturated/α-hetero) is 1. The number of halogens is 1. The largest absolute Gasteiger partial charge is 0.493 e. The summed E-state index contributed by atoms with van der Waals surface area (Å²) in [4.78, 5) is 15.1. The molecule has 7 nitrogen and oxygen atoms in total. The van der Waals surface area contributed by atoms with Gasteiger partial charge in [0.2, 0.25) is 5.75 Å². The summed E-state index contributed by atoms with van der Waals surface area (Å²) in [6.07, 6.45) is 1.83. The maximum atomic E-state index is 13.3. The minimum Gasteiger partial charge on any atom is -0.493 e. The number of ether oxygens (including phenoxy) is 3. The first-order chi connectivity index (χ1) is 15.9. The molecule has 0 radical (unpaired) electrons. The Balaban J connectivity index is 1.98. The van der Waals surface area contributed by atoms with E-state index in [-0.39, 0.29) is 5.78 Å². The average molecular weight is 510 g/mol. The molecule has 2 aromatic rings. The van der Waals surface area contributed by atoms with Crippen molar-refractivity contribution in [3.05, 3.63) is 69.1 Å². The Morgan fingerprint density at radius 2 is 1.70 bits per heavy atom. The van der Waals surface area contributed by atoms with E-state index < -0.39 is 5.92 Å². The second-order valence-corrected chi connectivity index (χ2v) is 8.67. The Kier molecular flexibility index (Phi) is 6.34. The van der Waals surface area contributed by atoms with Crippen molar-refractivity contribution in [1.82, 2.24) is 0 Å². The summed E-state index contributed by atoms with van der Waals surface area (Å²) in [5.74, 6) is 1.03. The van der Waals surface area contributed by atoms with Crippen LogP contribution in [-0.2, 0) is 4.79 Å². The Hall–Kier alpha value is -3.44. The molecule has 0 saturated carbocycles. The lowest BCUT2D eigenvalue weighted by Crippen LogP contribution is -2.38. The number of nitrogens with two attached hydrogens (primary N) is 1. The Bertz CT molecular complexity index is 1190. The van der Waals surface area contributed by atoms with Crippen molar-refractivity contribution < 1.29 is 19.0 Å². The predicted octanol–water partition coefficient (Wildman–Crippen LogP) is 4.78. The van der Waals surface area contributed by atoms with E-state index in [0.29, 0.717) is 52.6 Å². The average Bonchev–Trinajstić information content (AvgIpc) is 2.83. The fourth-order valence-electron chi connectivity index (χ4n) is 4.57. The maximum Gasteiger partial charge on any atom is 0.203 e. The van der Waals surface area contributed by atoms with Gasteiger partial charge in [-0.15, -0.1) is 0 Å². The molecule has 1 heterocycles. The summed E-state index contributed by atoms with van der Waals surface area (Å²) in [6, 6.07) is 13.5. The van der Waals surface area contributed by atoms with Crippen molar-refractivity contribution in [1.29, 1.82) is 5.26 Å². The summed E-state index contributed by atoms with van der Waals surface area (Å²) in [5, 5.41) is 10.2. The molecule has 33 heavy (non-hydrogen) atoms. The molecule has 170 valence electrons. The normalized spacial score (nSPS) is 18.1. The SMILES string of the molecule is COc1cc([C@H]2C(C#N)=C(N)N(c3ccc(Br)cc3)C3=C2C(=O)CCC3)cc(OC)c1OC. The molecule has 0 spiro atoms. The molecule has 0 saturated heterocycles. The summed E-state index contributed by atoms with van der Waals surface area (Å²) < 4.78 is 17.4. The van der Waals surface area contributed by atoms with E-state index in [1.165, 1.54) is 21.3 Å². The fourth-order valence-corrected chi connectivity index (χ4v) is 4.84. The van der Waals surface area contributed by atoms with E-state index in [9.17, 15) is 10.1 Å². The highest BCUT2D eigenvalue weighted by Gasteiger charge is 2.41. The summed E-state index contributed by atoms with van der Waals surface area (Å²) in [7, 11) is 4.59. The molecule has 0 unspecified atom stereocenters. The van der Waals surface area contributed by atoms with Gasteiger partial charge in [0.05, 0.1) is 38.9 Å². The number of benzene rings is 2. The van der Waals surface area contributed by atoms with Crippen LogP contribution in [0.3, 0.4) is 0 Å². The van der Waals surface area contributed by atoms with Crippen LogP contribution in [0.1, 0.15) is 30.7 Å². The number of carbonyl (C=O) groups is 1. The van der Waals surface area contributed by atoms with E-state index in [0.717, 1.165) is 22.3 Å². The van der Waals surface area contributed by atoms with Gasteiger partial charge in [-0.1, -0.05) is 15.9 Å². The first kappa shape index (κ1) is 22.7. The number of anilines is 1. The van der Waals surface area contributed by atoms with E-state index in [1.807, 2.05) is 29.2 Å². The smallest absolute Gasteiger partial charge is 0.203 e.